The Morgan fingerprint density at radius 3 is 2.52 bits per heavy atom. The molecule has 2 N–H and O–H groups in total. The van der Waals surface area contributed by atoms with Crippen LogP contribution in [0.15, 0.2) is 24.3 Å². The Kier molecular flexibility index (Phi) is 4.56. The van der Waals surface area contributed by atoms with Gasteiger partial charge in [-0.3, -0.25) is 9.69 Å². The highest BCUT2D eigenvalue weighted by atomic mass is 16.2. The zero-order valence-electron chi connectivity index (χ0n) is 12.8. The van der Waals surface area contributed by atoms with Crippen LogP contribution < -0.4 is 10.6 Å². The van der Waals surface area contributed by atoms with Crippen molar-refractivity contribution in [3.8, 4) is 0 Å². The first-order chi connectivity index (χ1) is 10.2. The smallest absolute Gasteiger partial charge is 0.238 e. The van der Waals surface area contributed by atoms with Gasteiger partial charge in [-0.1, -0.05) is 25.5 Å². The quantitative estimate of drug-likeness (QED) is 0.867. The van der Waals surface area contributed by atoms with Crippen LogP contribution in [0.5, 0.6) is 0 Å². The number of carbonyl (C=O) groups excluding carboxylic acids is 1. The summed E-state index contributed by atoms with van der Waals surface area (Å²) in [6.07, 6.45) is 2.25. The molecule has 4 nitrogen and oxygen atoms in total. The molecule has 0 saturated carbocycles. The molecule has 1 amide bonds. The van der Waals surface area contributed by atoms with Gasteiger partial charge in [0, 0.05) is 18.8 Å². The minimum atomic E-state index is 0.103. The van der Waals surface area contributed by atoms with Crippen LogP contribution in [0.25, 0.3) is 0 Å². The van der Waals surface area contributed by atoms with E-state index in [0.29, 0.717) is 6.54 Å². The fourth-order valence-corrected chi connectivity index (χ4v) is 3.53. The van der Waals surface area contributed by atoms with Crippen LogP contribution in [0.1, 0.15) is 18.9 Å². The highest BCUT2D eigenvalue weighted by Gasteiger charge is 2.36. The van der Waals surface area contributed by atoms with Crippen molar-refractivity contribution in [1.82, 2.24) is 10.2 Å². The summed E-state index contributed by atoms with van der Waals surface area (Å²) < 4.78 is 0. The maximum atomic E-state index is 12.1. The van der Waals surface area contributed by atoms with E-state index in [0.717, 1.165) is 56.5 Å². The molecule has 0 radical (unpaired) electrons. The van der Waals surface area contributed by atoms with E-state index in [-0.39, 0.29) is 5.91 Å². The SMILES string of the molecule is CCCc1ccc(NC(=O)CN2C[C@H]3CNC[C@H]3C2)cc1. The number of benzene rings is 1. The second-order valence-electron chi connectivity index (χ2n) is 6.37. The molecule has 2 fully saturated rings. The molecule has 21 heavy (non-hydrogen) atoms. The lowest BCUT2D eigenvalue weighted by Gasteiger charge is -2.16. The molecule has 114 valence electrons. The van der Waals surface area contributed by atoms with E-state index in [1.165, 1.54) is 5.56 Å². The average Bonchev–Trinajstić information content (AvgIpc) is 3.02. The normalized spacial score (nSPS) is 25.0. The number of amides is 1. The number of anilines is 1. The minimum Gasteiger partial charge on any atom is -0.325 e. The van der Waals surface area contributed by atoms with Crippen molar-refractivity contribution in [3.05, 3.63) is 29.8 Å². The molecule has 2 saturated heterocycles. The summed E-state index contributed by atoms with van der Waals surface area (Å²) in [6.45, 7) is 7.03. The van der Waals surface area contributed by atoms with Gasteiger partial charge >= 0.3 is 0 Å². The first kappa shape index (κ1) is 14.5. The summed E-state index contributed by atoms with van der Waals surface area (Å²) in [7, 11) is 0. The Balaban J connectivity index is 1.47. The third kappa shape index (κ3) is 3.63. The van der Waals surface area contributed by atoms with Gasteiger partial charge in [0.25, 0.3) is 0 Å². The Morgan fingerprint density at radius 1 is 1.24 bits per heavy atom. The Bertz CT molecular complexity index is 473. The fraction of sp³-hybridized carbons (Fsp3) is 0.588. The summed E-state index contributed by atoms with van der Waals surface area (Å²) in [4.78, 5) is 14.4. The van der Waals surface area contributed by atoms with Gasteiger partial charge in [0.1, 0.15) is 0 Å². The predicted octanol–water partition coefficient (Wildman–Crippen LogP) is 1.73. The number of fused-ring (bicyclic) bond motifs is 1. The van der Waals surface area contributed by atoms with Crippen LogP contribution in [0.4, 0.5) is 5.69 Å². The molecule has 2 aliphatic heterocycles. The van der Waals surface area contributed by atoms with E-state index in [2.05, 4.69) is 34.6 Å². The zero-order chi connectivity index (χ0) is 14.7. The van der Waals surface area contributed by atoms with Gasteiger partial charge in [-0.05, 0) is 49.0 Å². The van der Waals surface area contributed by atoms with E-state index < -0.39 is 0 Å². The van der Waals surface area contributed by atoms with Gasteiger partial charge < -0.3 is 10.6 Å². The largest absolute Gasteiger partial charge is 0.325 e. The first-order valence-corrected chi connectivity index (χ1v) is 8.06. The molecule has 4 heteroatoms. The average molecular weight is 287 g/mol. The van der Waals surface area contributed by atoms with Crippen LogP contribution in [-0.2, 0) is 11.2 Å². The summed E-state index contributed by atoms with van der Waals surface area (Å²) in [5.74, 6) is 1.59. The van der Waals surface area contributed by atoms with Crippen LogP contribution >= 0.6 is 0 Å². The van der Waals surface area contributed by atoms with E-state index in [1.54, 1.807) is 0 Å². The van der Waals surface area contributed by atoms with Crippen LogP contribution in [0.3, 0.4) is 0 Å². The highest BCUT2D eigenvalue weighted by molar-refractivity contribution is 5.92. The van der Waals surface area contributed by atoms with Gasteiger partial charge in [0.05, 0.1) is 6.54 Å². The lowest BCUT2D eigenvalue weighted by atomic mass is 10.0. The fourth-order valence-electron chi connectivity index (χ4n) is 3.53. The number of hydrogen-bond acceptors (Lipinski definition) is 3. The summed E-state index contributed by atoms with van der Waals surface area (Å²) >= 11 is 0. The molecule has 0 spiro atoms. The molecule has 2 heterocycles. The first-order valence-electron chi connectivity index (χ1n) is 8.06. The number of carbonyl (C=O) groups is 1. The van der Waals surface area contributed by atoms with Crippen molar-refractivity contribution < 1.29 is 4.79 Å². The molecule has 2 atom stereocenters. The summed E-state index contributed by atoms with van der Waals surface area (Å²) in [5, 5.41) is 6.43. The third-order valence-corrected chi connectivity index (χ3v) is 4.61. The monoisotopic (exact) mass is 287 g/mol. The van der Waals surface area contributed by atoms with Crippen molar-refractivity contribution in [3.63, 3.8) is 0 Å². The maximum Gasteiger partial charge on any atom is 0.238 e. The molecule has 0 bridgehead atoms. The van der Waals surface area contributed by atoms with Crippen LogP contribution in [0, 0.1) is 11.8 Å². The van der Waals surface area contributed by atoms with E-state index in [1.807, 2.05) is 12.1 Å². The van der Waals surface area contributed by atoms with E-state index >= 15 is 0 Å². The topological polar surface area (TPSA) is 44.4 Å². The van der Waals surface area contributed by atoms with Gasteiger partial charge in [-0.2, -0.15) is 0 Å². The number of nitrogens with zero attached hydrogens (tertiary/aromatic N) is 1. The molecule has 2 aliphatic rings. The van der Waals surface area contributed by atoms with Gasteiger partial charge in [-0.25, -0.2) is 0 Å². The summed E-state index contributed by atoms with van der Waals surface area (Å²) in [6, 6.07) is 8.22. The second kappa shape index (κ2) is 6.58. The van der Waals surface area contributed by atoms with Gasteiger partial charge in [0.2, 0.25) is 5.91 Å². The van der Waals surface area contributed by atoms with Crippen molar-refractivity contribution in [2.45, 2.75) is 19.8 Å². The Morgan fingerprint density at radius 2 is 1.90 bits per heavy atom. The lowest BCUT2D eigenvalue weighted by molar-refractivity contribution is -0.117. The lowest BCUT2D eigenvalue weighted by Crippen LogP contribution is -2.33. The van der Waals surface area contributed by atoms with E-state index in [4.69, 9.17) is 0 Å². The number of nitrogens with one attached hydrogen (secondary N) is 2. The molecule has 1 aromatic carbocycles. The number of hydrogen-bond donors (Lipinski definition) is 2. The maximum absolute atomic E-state index is 12.1. The third-order valence-electron chi connectivity index (χ3n) is 4.61. The summed E-state index contributed by atoms with van der Waals surface area (Å²) in [5.41, 5.74) is 2.23. The second-order valence-corrected chi connectivity index (χ2v) is 6.37. The molecule has 0 aromatic heterocycles. The molecular formula is C17H25N3O. The van der Waals surface area contributed by atoms with Crippen molar-refractivity contribution >= 4 is 11.6 Å². The zero-order valence-corrected chi connectivity index (χ0v) is 12.8. The van der Waals surface area contributed by atoms with Gasteiger partial charge in [-0.15, -0.1) is 0 Å². The Hall–Kier alpha value is -1.39. The predicted molar refractivity (Wildman–Crippen MR) is 85.4 cm³/mol. The number of aryl methyl sites for hydroxylation is 1. The van der Waals surface area contributed by atoms with Crippen molar-refractivity contribution in [1.29, 1.82) is 0 Å². The number of rotatable bonds is 5. The van der Waals surface area contributed by atoms with Crippen LogP contribution in [0.2, 0.25) is 0 Å². The minimum absolute atomic E-state index is 0.103. The van der Waals surface area contributed by atoms with Gasteiger partial charge in [0.15, 0.2) is 0 Å². The number of likely N-dealkylation sites (tertiary alicyclic amines) is 1. The Labute approximate surface area is 126 Å². The standard InChI is InChI=1S/C17H25N3O/c1-2-3-13-4-6-16(7-5-13)19-17(21)12-20-10-14-8-18-9-15(14)11-20/h4-7,14-15,18H,2-3,8-12H2,1H3,(H,19,21)/t14-,15+. The van der Waals surface area contributed by atoms with Crippen molar-refractivity contribution in [2.75, 3.05) is 38.0 Å². The molecule has 3 rings (SSSR count). The highest BCUT2D eigenvalue weighted by Crippen LogP contribution is 2.25. The molecule has 0 aliphatic carbocycles. The van der Waals surface area contributed by atoms with E-state index in [9.17, 15) is 4.79 Å². The molecular weight excluding hydrogens is 262 g/mol. The molecule has 0 unspecified atom stereocenters. The van der Waals surface area contributed by atoms with Crippen LogP contribution in [-0.4, -0.2) is 43.5 Å². The van der Waals surface area contributed by atoms with Crippen molar-refractivity contribution in [2.24, 2.45) is 11.8 Å². The molecule has 1 aromatic rings.